The van der Waals surface area contributed by atoms with Gasteiger partial charge in [-0.2, -0.15) is 0 Å². The number of aromatic nitrogens is 1. The predicted octanol–water partition coefficient (Wildman–Crippen LogP) is 1.09. The second-order valence-corrected chi connectivity index (χ2v) is 3.38. The van der Waals surface area contributed by atoms with Gasteiger partial charge in [0.15, 0.2) is 0 Å². The summed E-state index contributed by atoms with van der Waals surface area (Å²) in [5, 5.41) is 0. The van der Waals surface area contributed by atoms with E-state index in [1.165, 1.54) is 10.6 Å². The molecule has 0 radical (unpaired) electrons. The zero-order valence-corrected chi connectivity index (χ0v) is 7.06. The van der Waals surface area contributed by atoms with E-state index in [-0.39, 0.29) is 0 Å². The van der Waals surface area contributed by atoms with Crippen LogP contribution in [0.3, 0.4) is 0 Å². The molecule has 2 heterocycles. The fraction of sp³-hybridized carbons (Fsp3) is 0.286. The van der Waals surface area contributed by atoms with Gasteiger partial charge in [0.1, 0.15) is 0 Å². The van der Waals surface area contributed by atoms with E-state index < -0.39 is 0 Å². The number of nitrogens with zero attached hydrogens (tertiary/aromatic N) is 2. The molecular formula is C7H9N3S. The molecule has 0 spiro atoms. The highest BCUT2D eigenvalue weighted by Gasteiger charge is 2.12. The lowest BCUT2D eigenvalue weighted by molar-refractivity contribution is 0.847. The third kappa shape index (κ3) is 1.19. The first kappa shape index (κ1) is 6.94. The predicted molar refractivity (Wildman–Crippen MR) is 46.5 cm³/mol. The maximum absolute atomic E-state index is 4.04. The Hall–Kier alpha value is -0.740. The summed E-state index contributed by atoms with van der Waals surface area (Å²) in [7, 11) is 2.06. The van der Waals surface area contributed by atoms with Crippen LogP contribution in [0.2, 0.25) is 0 Å². The quantitative estimate of drug-likeness (QED) is 0.585. The van der Waals surface area contributed by atoms with E-state index >= 15 is 0 Å². The first-order valence-corrected chi connectivity index (χ1v) is 4.24. The third-order valence-electron chi connectivity index (χ3n) is 1.66. The second kappa shape index (κ2) is 2.71. The maximum Gasteiger partial charge on any atom is 0.0774 e. The number of anilines is 1. The minimum Gasteiger partial charge on any atom is -0.360 e. The molecule has 1 aromatic heterocycles. The van der Waals surface area contributed by atoms with Crippen molar-refractivity contribution in [1.29, 1.82) is 0 Å². The van der Waals surface area contributed by atoms with Crippen LogP contribution in [0, 0.1) is 0 Å². The number of rotatable bonds is 0. The van der Waals surface area contributed by atoms with Crippen molar-refractivity contribution in [3.8, 4) is 0 Å². The van der Waals surface area contributed by atoms with Gasteiger partial charge >= 0.3 is 0 Å². The van der Waals surface area contributed by atoms with Crippen molar-refractivity contribution in [3.63, 3.8) is 0 Å². The van der Waals surface area contributed by atoms with Gasteiger partial charge in [0.2, 0.25) is 0 Å². The van der Waals surface area contributed by atoms with Gasteiger partial charge in [-0.05, 0) is 18.0 Å². The van der Waals surface area contributed by atoms with Gasteiger partial charge in [-0.3, -0.25) is 4.98 Å². The van der Waals surface area contributed by atoms with E-state index in [1.54, 1.807) is 11.9 Å². The minimum atomic E-state index is 0.891. The van der Waals surface area contributed by atoms with Crippen molar-refractivity contribution in [2.45, 2.75) is 4.90 Å². The summed E-state index contributed by atoms with van der Waals surface area (Å²) in [4.78, 5) is 7.40. The van der Waals surface area contributed by atoms with E-state index in [4.69, 9.17) is 0 Å². The Morgan fingerprint density at radius 2 is 2.64 bits per heavy atom. The summed E-state index contributed by atoms with van der Waals surface area (Å²) < 4.78 is 3.19. The molecule has 2 rings (SSSR count). The third-order valence-corrected chi connectivity index (χ3v) is 2.47. The summed E-state index contributed by atoms with van der Waals surface area (Å²) in [6.45, 7) is 0.891. The highest BCUT2D eigenvalue weighted by molar-refractivity contribution is 7.97. The van der Waals surface area contributed by atoms with Gasteiger partial charge in [0, 0.05) is 19.4 Å². The lowest BCUT2D eigenvalue weighted by Crippen LogP contribution is -2.30. The standard InChI is InChI=1S/C7H9N3S/c1-10-5-9-11-7-4-8-3-2-6(7)10/h2-4,9H,5H2,1H3. The summed E-state index contributed by atoms with van der Waals surface area (Å²) >= 11 is 1.64. The van der Waals surface area contributed by atoms with E-state index in [2.05, 4.69) is 21.7 Å². The van der Waals surface area contributed by atoms with Crippen LogP contribution in [-0.2, 0) is 0 Å². The van der Waals surface area contributed by atoms with Crippen molar-refractivity contribution in [3.05, 3.63) is 18.5 Å². The first-order valence-electron chi connectivity index (χ1n) is 3.43. The van der Waals surface area contributed by atoms with Crippen molar-refractivity contribution in [2.24, 2.45) is 0 Å². The van der Waals surface area contributed by atoms with Crippen LogP contribution in [0.5, 0.6) is 0 Å². The van der Waals surface area contributed by atoms with E-state index in [1.807, 2.05) is 18.5 Å². The Kier molecular flexibility index (Phi) is 1.71. The molecule has 1 N–H and O–H groups in total. The van der Waals surface area contributed by atoms with E-state index in [0.29, 0.717) is 0 Å². The summed E-state index contributed by atoms with van der Waals surface area (Å²) in [6, 6.07) is 2.03. The smallest absolute Gasteiger partial charge is 0.0774 e. The first-order chi connectivity index (χ1) is 5.38. The highest BCUT2D eigenvalue weighted by atomic mass is 32.2. The molecule has 0 saturated carbocycles. The lowest BCUT2D eigenvalue weighted by atomic mass is 10.4. The van der Waals surface area contributed by atoms with Gasteiger partial charge in [0.05, 0.1) is 17.3 Å². The molecule has 0 bridgehead atoms. The van der Waals surface area contributed by atoms with Crippen LogP contribution in [0.1, 0.15) is 0 Å². The molecule has 3 nitrogen and oxygen atoms in total. The molecular weight excluding hydrogens is 158 g/mol. The SMILES string of the molecule is CN1CNSc2cnccc21. The van der Waals surface area contributed by atoms with Gasteiger partial charge in [-0.1, -0.05) is 0 Å². The number of hydrogen-bond acceptors (Lipinski definition) is 4. The number of pyridine rings is 1. The average Bonchev–Trinajstić information content (AvgIpc) is 2.06. The topological polar surface area (TPSA) is 28.2 Å². The fourth-order valence-electron chi connectivity index (χ4n) is 1.06. The largest absolute Gasteiger partial charge is 0.360 e. The molecule has 0 saturated heterocycles. The van der Waals surface area contributed by atoms with Crippen molar-refractivity contribution in [1.82, 2.24) is 9.71 Å². The molecule has 0 fully saturated rings. The van der Waals surface area contributed by atoms with Crippen LogP contribution < -0.4 is 9.62 Å². The highest BCUT2D eigenvalue weighted by Crippen LogP contribution is 2.29. The van der Waals surface area contributed by atoms with Crippen LogP contribution >= 0.6 is 11.9 Å². The Bertz CT molecular complexity index is 264. The molecule has 1 aliphatic heterocycles. The van der Waals surface area contributed by atoms with Gasteiger partial charge < -0.3 is 4.90 Å². The minimum absolute atomic E-state index is 0.891. The molecule has 1 aliphatic rings. The maximum atomic E-state index is 4.04. The van der Waals surface area contributed by atoms with Gasteiger partial charge in [0.25, 0.3) is 0 Å². The second-order valence-electron chi connectivity index (χ2n) is 2.45. The molecule has 0 aromatic carbocycles. The molecule has 11 heavy (non-hydrogen) atoms. The lowest BCUT2D eigenvalue weighted by Gasteiger charge is -2.26. The zero-order chi connectivity index (χ0) is 7.68. The monoisotopic (exact) mass is 167 g/mol. The Balaban J connectivity index is 2.44. The summed E-state index contributed by atoms with van der Waals surface area (Å²) in [6.07, 6.45) is 3.70. The van der Waals surface area contributed by atoms with Gasteiger partial charge in [-0.25, -0.2) is 4.72 Å². The number of nitrogens with one attached hydrogen (secondary N) is 1. The normalized spacial score (nSPS) is 16.3. The molecule has 0 aliphatic carbocycles. The Labute approximate surface area is 69.9 Å². The molecule has 4 heteroatoms. The summed E-state index contributed by atoms with van der Waals surface area (Å²) in [5.74, 6) is 0. The van der Waals surface area contributed by atoms with Gasteiger partial charge in [-0.15, -0.1) is 0 Å². The van der Waals surface area contributed by atoms with Crippen LogP contribution in [-0.4, -0.2) is 18.7 Å². The average molecular weight is 167 g/mol. The molecule has 1 aromatic rings. The number of fused-ring (bicyclic) bond motifs is 1. The van der Waals surface area contributed by atoms with Crippen LogP contribution in [0.25, 0.3) is 0 Å². The van der Waals surface area contributed by atoms with Crippen LogP contribution in [0.15, 0.2) is 23.4 Å². The molecule has 0 amide bonds. The van der Waals surface area contributed by atoms with Crippen molar-refractivity contribution < 1.29 is 0 Å². The molecule has 0 atom stereocenters. The molecule has 58 valence electrons. The zero-order valence-electron chi connectivity index (χ0n) is 6.24. The van der Waals surface area contributed by atoms with E-state index in [0.717, 1.165) is 6.67 Å². The van der Waals surface area contributed by atoms with E-state index in [9.17, 15) is 0 Å². The van der Waals surface area contributed by atoms with Crippen LogP contribution in [0.4, 0.5) is 5.69 Å². The molecule has 0 unspecified atom stereocenters. The van der Waals surface area contributed by atoms with Crippen molar-refractivity contribution in [2.75, 3.05) is 18.6 Å². The van der Waals surface area contributed by atoms with Crippen molar-refractivity contribution >= 4 is 17.6 Å². The number of hydrogen-bond donors (Lipinski definition) is 1. The fourth-order valence-corrected chi connectivity index (χ4v) is 1.91. The summed E-state index contributed by atoms with van der Waals surface area (Å²) in [5.41, 5.74) is 1.25. The Morgan fingerprint density at radius 1 is 1.73 bits per heavy atom. The Morgan fingerprint density at radius 3 is 3.45 bits per heavy atom.